The molecule has 1 aromatic rings. The summed E-state index contributed by atoms with van der Waals surface area (Å²) in [6.45, 7) is 8.40. The third kappa shape index (κ3) is 2.33. The normalized spacial score (nSPS) is 10.6. The van der Waals surface area contributed by atoms with Crippen LogP contribution in [0, 0.1) is 11.3 Å². The van der Waals surface area contributed by atoms with E-state index in [9.17, 15) is 0 Å². The Morgan fingerprint density at radius 3 is 2.36 bits per heavy atom. The maximum Gasteiger partial charge on any atom is 0.103 e. The first-order valence-electron chi connectivity index (χ1n) is 4.70. The Labute approximate surface area is 86.7 Å². The van der Waals surface area contributed by atoms with Crippen molar-refractivity contribution in [3.63, 3.8) is 0 Å². The summed E-state index contributed by atoms with van der Waals surface area (Å²) in [5, 5.41) is 9.91. The highest BCUT2D eigenvalue weighted by Gasteiger charge is 2.18. The van der Waals surface area contributed by atoms with Crippen molar-refractivity contribution in [2.45, 2.75) is 19.5 Å². The van der Waals surface area contributed by atoms with E-state index < -0.39 is 8.07 Å². The zero-order valence-corrected chi connectivity index (χ0v) is 9.75. The second-order valence-corrected chi connectivity index (χ2v) is 8.39. The third-order valence-electron chi connectivity index (χ3n) is 2.49. The Hall–Kier alpha value is -1.33. The molecule has 0 N–H and O–H groups in total. The van der Waals surface area contributed by atoms with Crippen LogP contribution >= 0.6 is 0 Å². The fourth-order valence-electron chi connectivity index (χ4n) is 1.26. The molecule has 0 heterocycles. The number of rotatable bonds is 3. The predicted molar refractivity (Wildman–Crippen MR) is 63.1 cm³/mol. The second kappa shape index (κ2) is 4.25. The monoisotopic (exact) mass is 201 g/mol. The summed E-state index contributed by atoms with van der Waals surface area (Å²) in [6, 6.07) is 10.5. The van der Waals surface area contributed by atoms with Crippen LogP contribution in [0.1, 0.15) is 5.56 Å². The molecule has 14 heavy (non-hydrogen) atoms. The molecule has 0 aliphatic carbocycles. The van der Waals surface area contributed by atoms with Crippen molar-refractivity contribution in [3.05, 3.63) is 42.1 Å². The fraction of sp³-hybridized carbons (Fsp3) is 0.250. The molecule has 0 aromatic heterocycles. The molecule has 0 spiro atoms. The van der Waals surface area contributed by atoms with Crippen molar-refractivity contribution in [1.29, 1.82) is 5.26 Å². The molecule has 0 radical (unpaired) electrons. The lowest BCUT2D eigenvalue weighted by Gasteiger charge is -2.17. The van der Waals surface area contributed by atoms with Crippen molar-refractivity contribution < 1.29 is 0 Å². The standard InChI is InChI=1S/C12H15NSi/c1-4-14(2,3)12-7-5-11(6-8-12)9-10-13/h4-8H,1,9H2,2-3H3. The van der Waals surface area contributed by atoms with E-state index in [1.807, 2.05) is 12.1 Å². The van der Waals surface area contributed by atoms with Gasteiger partial charge in [-0.05, 0) is 5.56 Å². The average Bonchev–Trinajstić information content (AvgIpc) is 2.19. The molecule has 1 aromatic carbocycles. The van der Waals surface area contributed by atoms with Crippen LogP contribution in [0.2, 0.25) is 13.1 Å². The Morgan fingerprint density at radius 2 is 1.93 bits per heavy atom. The van der Waals surface area contributed by atoms with Gasteiger partial charge in [-0.1, -0.05) is 48.2 Å². The number of benzene rings is 1. The minimum atomic E-state index is -1.42. The van der Waals surface area contributed by atoms with E-state index in [0.29, 0.717) is 6.42 Å². The van der Waals surface area contributed by atoms with Crippen LogP contribution in [0.25, 0.3) is 0 Å². The van der Waals surface area contributed by atoms with Gasteiger partial charge in [0.15, 0.2) is 0 Å². The van der Waals surface area contributed by atoms with Gasteiger partial charge in [-0.3, -0.25) is 0 Å². The van der Waals surface area contributed by atoms with Crippen molar-refractivity contribution in [2.24, 2.45) is 0 Å². The zero-order chi connectivity index (χ0) is 10.6. The molecule has 0 atom stereocenters. The first kappa shape index (κ1) is 10.7. The van der Waals surface area contributed by atoms with Gasteiger partial charge < -0.3 is 0 Å². The van der Waals surface area contributed by atoms with E-state index >= 15 is 0 Å². The van der Waals surface area contributed by atoms with Gasteiger partial charge in [0.25, 0.3) is 0 Å². The van der Waals surface area contributed by atoms with Crippen LogP contribution in [-0.4, -0.2) is 8.07 Å². The summed E-state index contributed by atoms with van der Waals surface area (Å²) in [4.78, 5) is 0. The van der Waals surface area contributed by atoms with Gasteiger partial charge in [0, 0.05) is 0 Å². The summed E-state index contributed by atoms with van der Waals surface area (Å²) in [5.41, 5.74) is 3.16. The van der Waals surface area contributed by atoms with E-state index in [0.717, 1.165) is 5.56 Å². The van der Waals surface area contributed by atoms with Crippen molar-refractivity contribution in [2.75, 3.05) is 0 Å². The zero-order valence-electron chi connectivity index (χ0n) is 8.75. The van der Waals surface area contributed by atoms with Crippen LogP contribution in [-0.2, 0) is 6.42 Å². The van der Waals surface area contributed by atoms with E-state index in [1.165, 1.54) is 5.19 Å². The quantitative estimate of drug-likeness (QED) is 0.689. The van der Waals surface area contributed by atoms with Crippen LogP contribution in [0.3, 0.4) is 0 Å². The summed E-state index contributed by atoms with van der Waals surface area (Å²) in [7, 11) is -1.42. The predicted octanol–water partition coefficient (Wildman–Crippen LogP) is 2.39. The summed E-state index contributed by atoms with van der Waals surface area (Å²) in [5.74, 6) is 0. The lowest BCUT2D eigenvalue weighted by atomic mass is 10.2. The topological polar surface area (TPSA) is 23.8 Å². The molecule has 0 aliphatic heterocycles. The summed E-state index contributed by atoms with van der Waals surface area (Å²) < 4.78 is 0. The highest BCUT2D eigenvalue weighted by atomic mass is 28.3. The Kier molecular flexibility index (Phi) is 3.26. The van der Waals surface area contributed by atoms with Crippen LogP contribution < -0.4 is 5.19 Å². The average molecular weight is 201 g/mol. The van der Waals surface area contributed by atoms with E-state index in [-0.39, 0.29) is 0 Å². The largest absolute Gasteiger partial charge is 0.198 e. The van der Waals surface area contributed by atoms with Gasteiger partial charge >= 0.3 is 0 Å². The second-order valence-electron chi connectivity index (χ2n) is 3.96. The highest BCUT2D eigenvalue weighted by molar-refractivity contribution is 6.93. The fourth-order valence-corrected chi connectivity index (χ4v) is 2.52. The molecule has 72 valence electrons. The number of nitriles is 1. The molecule has 0 fully saturated rings. The van der Waals surface area contributed by atoms with Gasteiger partial charge in [0.2, 0.25) is 0 Å². The molecule has 0 aliphatic rings. The highest BCUT2D eigenvalue weighted by Crippen LogP contribution is 2.06. The Bertz CT molecular complexity index is 357. The smallest absolute Gasteiger partial charge is 0.103 e. The molecule has 0 amide bonds. The lowest BCUT2D eigenvalue weighted by Crippen LogP contribution is -2.39. The van der Waals surface area contributed by atoms with Gasteiger partial charge in [-0.25, -0.2) is 0 Å². The third-order valence-corrected chi connectivity index (χ3v) is 5.33. The van der Waals surface area contributed by atoms with Gasteiger partial charge in [0.1, 0.15) is 8.07 Å². The molecule has 1 rings (SSSR count). The van der Waals surface area contributed by atoms with Crippen molar-refractivity contribution in [1.82, 2.24) is 0 Å². The SMILES string of the molecule is C=C[Si](C)(C)c1ccc(CC#N)cc1. The molecule has 0 unspecified atom stereocenters. The van der Waals surface area contributed by atoms with Crippen LogP contribution in [0.4, 0.5) is 0 Å². The van der Waals surface area contributed by atoms with Crippen LogP contribution in [0.5, 0.6) is 0 Å². The van der Waals surface area contributed by atoms with Crippen LogP contribution in [0.15, 0.2) is 36.5 Å². The van der Waals surface area contributed by atoms with Gasteiger partial charge in [0.05, 0.1) is 12.5 Å². The maximum atomic E-state index is 8.54. The van der Waals surface area contributed by atoms with E-state index in [2.05, 4.69) is 43.6 Å². The van der Waals surface area contributed by atoms with Gasteiger partial charge in [-0.2, -0.15) is 5.26 Å². The number of nitrogens with zero attached hydrogens (tertiary/aromatic N) is 1. The molecular formula is C12H15NSi. The van der Waals surface area contributed by atoms with E-state index in [4.69, 9.17) is 5.26 Å². The van der Waals surface area contributed by atoms with Gasteiger partial charge in [-0.15, -0.1) is 6.58 Å². The van der Waals surface area contributed by atoms with Crippen molar-refractivity contribution >= 4 is 13.3 Å². The Balaban J connectivity index is 2.95. The molecule has 1 nitrogen and oxygen atoms in total. The molecule has 0 saturated heterocycles. The maximum absolute atomic E-state index is 8.54. The minimum Gasteiger partial charge on any atom is -0.198 e. The molecular weight excluding hydrogens is 186 g/mol. The molecule has 0 saturated carbocycles. The first-order chi connectivity index (χ1) is 6.60. The molecule has 2 heteroatoms. The van der Waals surface area contributed by atoms with Crippen molar-refractivity contribution in [3.8, 4) is 6.07 Å². The minimum absolute atomic E-state index is 0.496. The van der Waals surface area contributed by atoms with E-state index in [1.54, 1.807) is 0 Å². The first-order valence-corrected chi connectivity index (χ1v) is 7.78. The lowest BCUT2D eigenvalue weighted by molar-refractivity contribution is 1.27. The summed E-state index contributed by atoms with van der Waals surface area (Å²) >= 11 is 0. The number of hydrogen-bond acceptors (Lipinski definition) is 1. The summed E-state index contributed by atoms with van der Waals surface area (Å²) in [6.07, 6.45) is 0.496. The Morgan fingerprint density at radius 1 is 1.36 bits per heavy atom. The molecule has 0 bridgehead atoms. The number of hydrogen-bond donors (Lipinski definition) is 0.